The Morgan fingerprint density at radius 3 is 1.75 bits per heavy atom. The van der Waals surface area contributed by atoms with Gasteiger partial charge in [-0.2, -0.15) is 17.6 Å². The van der Waals surface area contributed by atoms with Crippen LogP contribution in [0.4, 0.5) is 22.0 Å². The minimum Gasteiger partial charge on any atom is -0.205 e. The summed E-state index contributed by atoms with van der Waals surface area (Å²) in [6, 6.07) is -4.64. The Kier molecular flexibility index (Phi) is 2.11. The second-order valence-electron chi connectivity index (χ2n) is 1.91. The zero-order valence-electron chi connectivity index (χ0n) is 5.00. The summed E-state index contributed by atoms with van der Waals surface area (Å²) < 4.78 is 56.8. The van der Waals surface area contributed by atoms with E-state index in [9.17, 15) is 22.0 Å². The third kappa shape index (κ3) is 1.52. The molecule has 0 aromatic heterocycles. The molecule has 2 nitrogen and oxygen atoms in total. The summed E-state index contributed by atoms with van der Waals surface area (Å²) in [5.74, 6) is 0. The van der Waals surface area contributed by atoms with E-state index in [1.807, 2.05) is 0 Å². The molecule has 0 N–H and O–H groups in total. The predicted octanol–water partition coefficient (Wildman–Crippen LogP) is 2.63. The molecule has 1 fully saturated rings. The molecule has 1 heterocycles. The fourth-order valence-electron chi connectivity index (χ4n) is 0.425. The highest BCUT2D eigenvalue weighted by molar-refractivity contribution is 9.10. The zero-order valence-corrected chi connectivity index (χ0v) is 7.34. The van der Waals surface area contributed by atoms with Gasteiger partial charge in [0.05, 0.1) is 0 Å². The summed E-state index contributed by atoms with van der Waals surface area (Å²) in [5, 5.41) is -1.14. The smallest absolute Gasteiger partial charge is 0.205 e. The van der Waals surface area contributed by atoms with Crippen molar-refractivity contribution in [2.45, 2.75) is 16.3 Å². The fourth-order valence-corrected chi connectivity index (χ4v) is 0.663. The third-order valence-corrected chi connectivity index (χ3v) is 1.71. The lowest BCUT2D eigenvalue weighted by molar-refractivity contribution is -0.191. The van der Waals surface area contributed by atoms with E-state index in [1.54, 1.807) is 15.9 Å². The van der Waals surface area contributed by atoms with E-state index in [1.165, 1.54) is 0 Å². The number of rotatable bonds is 2. The molecule has 1 saturated heterocycles. The molecule has 0 spiro atoms. The topological polar surface area (TPSA) is 15.5 Å². The fraction of sp³-hybridized carbons (Fsp3) is 1.00. The molecule has 0 saturated carbocycles. The Labute approximate surface area is 76.3 Å². The van der Waals surface area contributed by atoms with Gasteiger partial charge >= 0.3 is 16.3 Å². The highest BCUT2D eigenvalue weighted by Crippen LogP contribution is 2.54. The molecule has 9 heteroatoms. The second-order valence-corrected chi connectivity index (χ2v) is 3.98. The number of alkyl halides is 7. The molecule has 0 bridgehead atoms. The zero-order chi connectivity index (χ0) is 9.78. The normalized spacial score (nSPS) is 32.8. The summed E-state index contributed by atoms with van der Waals surface area (Å²) >= 11 is 6.12. The maximum absolute atomic E-state index is 12.4. The molecular weight excluding hydrogens is 276 g/mol. The van der Waals surface area contributed by atoms with Gasteiger partial charge < -0.3 is 0 Å². The largest absolute Gasteiger partial charge is 0.469 e. The highest BCUT2D eigenvalue weighted by Gasteiger charge is 2.77. The number of hydrogen-bond acceptors (Lipinski definition) is 2. The van der Waals surface area contributed by atoms with Crippen molar-refractivity contribution in [1.29, 1.82) is 0 Å². The van der Waals surface area contributed by atoms with Crippen LogP contribution in [0.5, 0.6) is 0 Å². The lowest BCUT2D eigenvalue weighted by Crippen LogP contribution is -2.43. The molecule has 72 valence electrons. The number of nitrogens with zero attached hydrogens (tertiary/aromatic N) is 1. The van der Waals surface area contributed by atoms with Crippen molar-refractivity contribution in [2.24, 2.45) is 0 Å². The maximum atomic E-state index is 12.4. The van der Waals surface area contributed by atoms with Crippen molar-refractivity contribution >= 4 is 27.5 Å². The summed E-state index contributed by atoms with van der Waals surface area (Å²) in [6.45, 7) is 0. The Morgan fingerprint density at radius 2 is 1.67 bits per heavy atom. The molecule has 0 aromatic carbocycles. The van der Waals surface area contributed by atoms with Crippen LogP contribution in [-0.4, -0.2) is 21.4 Å². The summed E-state index contributed by atoms with van der Waals surface area (Å²) in [5.41, 5.74) is 0. The molecular formula is C3BrClF5NO. The molecule has 0 radical (unpaired) electrons. The number of hydrogen-bond donors (Lipinski definition) is 0. The van der Waals surface area contributed by atoms with Crippen molar-refractivity contribution in [3.05, 3.63) is 0 Å². The van der Waals surface area contributed by atoms with Crippen LogP contribution in [-0.2, 0) is 4.84 Å². The molecule has 1 rings (SSSR count). The van der Waals surface area contributed by atoms with Gasteiger partial charge in [-0.3, -0.25) is 0 Å². The van der Waals surface area contributed by atoms with E-state index in [4.69, 9.17) is 0 Å². The minimum atomic E-state index is -4.64. The first-order valence-corrected chi connectivity index (χ1v) is 3.58. The average Bonchev–Trinajstić information content (AvgIpc) is 2.37. The molecule has 2 unspecified atom stereocenters. The van der Waals surface area contributed by atoms with Gasteiger partial charge in [-0.15, -0.1) is 0 Å². The van der Waals surface area contributed by atoms with Crippen molar-refractivity contribution in [1.82, 2.24) is 5.06 Å². The second kappa shape index (κ2) is 2.43. The standard InChI is InChI=1S/C3BrClF5NO/c4-1(5,6)2(7,8)11-3(9,10)12-11. The van der Waals surface area contributed by atoms with Crippen LogP contribution in [0.3, 0.4) is 0 Å². The third-order valence-electron chi connectivity index (χ3n) is 1.00. The molecule has 2 atom stereocenters. The van der Waals surface area contributed by atoms with E-state index in [2.05, 4.69) is 16.4 Å². The summed E-state index contributed by atoms with van der Waals surface area (Å²) in [7, 11) is 0. The van der Waals surface area contributed by atoms with Gasteiger partial charge in [0.2, 0.25) is 0 Å². The van der Waals surface area contributed by atoms with Crippen LogP contribution in [0.1, 0.15) is 0 Å². The van der Waals surface area contributed by atoms with Crippen LogP contribution in [0.2, 0.25) is 0 Å². The van der Waals surface area contributed by atoms with Crippen molar-refractivity contribution in [3.63, 3.8) is 0 Å². The number of hydroxylamine groups is 2. The van der Waals surface area contributed by atoms with Crippen LogP contribution in [0, 0.1) is 0 Å². The van der Waals surface area contributed by atoms with Crippen LogP contribution in [0.15, 0.2) is 0 Å². The predicted molar refractivity (Wildman–Crippen MR) is 31.4 cm³/mol. The van der Waals surface area contributed by atoms with Crippen molar-refractivity contribution in [2.75, 3.05) is 0 Å². The van der Waals surface area contributed by atoms with E-state index in [-0.39, 0.29) is 0 Å². The van der Waals surface area contributed by atoms with E-state index in [0.717, 1.165) is 0 Å². The van der Waals surface area contributed by atoms with Gasteiger partial charge in [0, 0.05) is 0 Å². The lowest BCUT2D eigenvalue weighted by Gasteiger charge is -2.20. The van der Waals surface area contributed by atoms with Crippen LogP contribution >= 0.6 is 27.5 Å². The molecule has 1 aliphatic heterocycles. The molecule has 0 aliphatic carbocycles. The van der Waals surface area contributed by atoms with E-state index < -0.39 is 21.4 Å². The minimum absolute atomic E-state index is 1.14. The Morgan fingerprint density at radius 1 is 1.33 bits per heavy atom. The SMILES string of the molecule is FC1(F)ON1C(F)(F)C(F)(Cl)Br. The Bertz CT molecular complexity index is 205. The van der Waals surface area contributed by atoms with E-state index in [0.29, 0.717) is 0 Å². The van der Waals surface area contributed by atoms with Gasteiger partial charge in [0.15, 0.2) is 0 Å². The first kappa shape index (κ1) is 10.4. The van der Waals surface area contributed by atoms with Crippen molar-refractivity contribution < 1.29 is 26.8 Å². The van der Waals surface area contributed by atoms with E-state index >= 15 is 0 Å². The molecule has 12 heavy (non-hydrogen) atoms. The Balaban J connectivity index is 2.76. The van der Waals surface area contributed by atoms with Gasteiger partial charge in [0.1, 0.15) is 0 Å². The van der Waals surface area contributed by atoms with Crippen molar-refractivity contribution in [3.8, 4) is 0 Å². The molecule has 0 amide bonds. The number of halogens is 7. The average molecular weight is 276 g/mol. The first-order chi connectivity index (χ1) is 5.09. The van der Waals surface area contributed by atoms with Gasteiger partial charge in [0.25, 0.3) is 0 Å². The summed E-state index contributed by atoms with van der Waals surface area (Å²) in [6.07, 6.45) is -4.16. The van der Waals surface area contributed by atoms with Crippen LogP contribution in [0.25, 0.3) is 0 Å². The van der Waals surface area contributed by atoms with Crippen LogP contribution < -0.4 is 0 Å². The molecule has 1 aliphatic rings. The van der Waals surface area contributed by atoms with Gasteiger partial charge in [-0.05, 0) is 21.0 Å². The van der Waals surface area contributed by atoms with Gasteiger partial charge in [-0.1, -0.05) is 11.6 Å². The first-order valence-electron chi connectivity index (χ1n) is 2.41. The quantitative estimate of drug-likeness (QED) is 0.333. The summed E-state index contributed by atoms with van der Waals surface area (Å²) in [4.78, 5) is 3.09. The monoisotopic (exact) mass is 275 g/mol. The maximum Gasteiger partial charge on any atom is 0.469 e. The lowest BCUT2D eigenvalue weighted by atomic mass is 10.6. The van der Waals surface area contributed by atoms with Gasteiger partial charge in [-0.25, -0.2) is 9.23 Å². The molecule has 0 aromatic rings. The Hall–Kier alpha value is 0.340. The highest BCUT2D eigenvalue weighted by atomic mass is 79.9.